The lowest BCUT2D eigenvalue weighted by Gasteiger charge is -2.07. The lowest BCUT2D eigenvalue weighted by Crippen LogP contribution is -1.98. The number of hydrogen-bond acceptors (Lipinski definition) is 3. The Morgan fingerprint density at radius 2 is 1.88 bits per heavy atom. The molecular formula is C20H18N2O2S. The van der Waals surface area contributed by atoms with Gasteiger partial charge in [0, 0.05) is 22.9 Å². The zero-order chi connectivity index (χ0) is 18.2. The maximum absolute atomic E-state index is 11.6. The van der Waals surface area contributed by atoms with Crippen LogP contribution in [0.5, 0.6) is 0 Å². The quantitative estimate of drug-likeness (QED) is 0.713. The number of nitrogens with one attached hydrogen (secondary N) is 1. The average molecular weight is 350 g/mol. The minimum atomic E-state index is -3.53. The summed E-state index contributed by atoms with van der Waals surface area (Å²) in [6, 6.07) is 15.4. The van der Waals surface area contributed by atoms with Gasteiger partial charge in [0.25, 0.3) is 0 Å². The van der Waals surface area contributed by atoms with Gasteiger partial charge in [0.1, 0.15) is 11.0 Å². The van der Waals surface area contributed by atoms with E-state index in [1.807, 2.05) is 43.3 Å². The molecule has 0 spiro atoms. The average Bonchev–Trinajstić information content (AvgIpc) is 2.86. The molecule has 0 aliphatic rings. The fourth-order valence-electron chi connectivity index (χ4n) is 2.95. The molecule has 0 aliphatic heterocycles. The van der Waals surface area contributed by atoms with Crippen LogP contribution in [0.4, 0.5) is 0 Å². The first-order valence-electron chi connectivity index (χ1n) is 7.81. The van der Waals surface area contributed by atoms with Gasteiger partial charge in [0.15, 0.2) is 9.84 Å². The van der Waals surface area contributed by atoms with Gasteiger partial charge in [-0.3, -0.25) is 0 Å². The molecule has 0 aliphatic carbocycles. The predicted molar refractivity (Wildman–Crippen MR) is 102 cm³/mol. The van der Waals surface area contributed by atoms with Crippen molar-refractivity contribution in [1.82, 2.24) is 4.98 Å². The van der Waals surface area contributed by atoms with Crippen LogP contribution >= 0.6 is 0 Å². The van der Waals surface area contributed by atoms with E-state index in [2.05, 4.69) is 11.9 Å². The van der Waals surface area contributed by atoms with Crippen LogP contribution in [0.15, 0.2) is 47.4 Å². The second kappa shape index (κ2) is 6.23. The number of hydrogen-bond donors (Lipinski definition) is 1. The highest BCUT2D eigenvalue weighted by Crippen LogP contribution is 2.33. The highest BCUT2D eigenvalue weighted by atomic mass is 32.2. The van der Waals surface area contributed by atoms with Crippen LogP contribution in [0, 0.1) is 25.2 Å². The van der Waals surface area contributed by atoms with E-state index in [0.29, 0.717) is 5.56 Å². The highest BCUT2D eigenvalue weighted by Gasteiger charge is 2.12. The van der Waals surface area contributed by atoms with Gasteiger partial charge in [-0.15, -0.1) is 0 Å². The molecule has 0 fully saturated rings. The molecule has 1 N–H and O–H groups in total. The van der Waals surface area contributed by atoms with Crippen LogP contribution in [0.2, 0.25) is 0 Å². The topological polar surface area (TPSA) is 73.7 Å². The van der Waals surface area contributed by atoms with Crippen molar-refractivity contribution in [2.45, 2.75) is 13.8 Å². The Labute approximate surface area is 147 Å². The number of aromatic amines is 1. The van der Waals surface area contributed by atoms with Crippen molar-refractivity contribution in [3.8, 4) is 17.2 Å². The SMILES string of the molecule is Cc1[nH]c2cccc(-c3cccc(C=C(C#N)S(C)(=O)=O)c3)c2c1C. The normalized spacial score (nSPS) is 12.3. The van der Waals surface area contributed by atoms with Crippen molar-refractivity contribution in [2.75, 3.05) is 6.26 Å². The maximum Gasteiger partial charge on any atom is 0.185 e. The first kappa shape index (κ1) is 17.0. The van der Waals surface area contributed by atoms with Gasteiger partial charge in [-0.2, -0.15) is 5.26 Å². The number of H-pyrrole nitrogens is 1. The summed E-state index contributed by atoms with van der Waals surface area (Å²) in [6.07, 6.45) is 2.45. The van der Waals surface area contributed by atoms with Gasteiger partial charge in [-0.05, 0) is 54.3 Å². The van der Waals surface area contributed by atoms with Gasteiger partial charge >= 0.3 is 0 Å². The lowest BCUT2D eigenvalue weighted by atomic mass is 9.97. The smallest absolute Gasteiger partial charge is 0.185 e. The molecule has 2 aromatic carbocycles. The third-order valence-electron chi connectivity index (χ3n) is 4.33. The van der Waals surface area contributed by atoms with E-state index in [0.717, 1.165) is 34.0 Å². The molecule has 126 valence electrons. The predicted octanol–water partition coefficient (Wildman–Crippen LogP) is 4.36. The van der Waals surface area contributed by atoms with Gasteiger partial charge in [-0.1, -0.05) is 30.3 Å². The fraction of sp³-hybridized carbons (Fsp3) is 0.150. The molecule has 0 amide bonds. The van der Waals surface area contributed by atoms with Crippen molar-refractivity contribution >= 4 is 26.8 Å². The number of allylic oxidation sites excluding steroid dienone is 1. The van der Waals surface area contributed by atoms with Crippen LogP contribution in [-0.4, -0.2) is 19.7 Å². The molecule has 1 heterocycles. The Kier molecular flexibility index (Phi) is 4.23. The number of sulfone groups is 1. The second-order valence-electron chi connectivity index (χ2n) is 6.12. The number of nitriles is 1. The van der Waals surface area contributed by atoms with Gasteiger partial charge in [0.05, 0.1) is 0 Å². The summed E-state index contributed by atoms with van der Waals surface area (Å²) in [6.45, 7) is 4.13. The number of benzene rings is 2. The largest absolute Gasteiger partial charge is 0.358 e. The van der Waals surface area contributed by atoms with Gasteiger partial charge < -0.3 is 4.98 Å². The summed E-state index contributed by atoms with van der Waals surface area (Å²) in [5.74, 6) is 0. The Bertz CT molecular complexity index is 1150. The van der Waals surface area contributed by atoms with E-state index in [4.69, 9.17) is 5.26 Å². The number of aryl methyl sites for hydroxylation is 2. The van der Waals surface area contributed by atoms with E-state index in [1.54, 1.807) is 12.1 Å². The monoisotopic (exact) mass is 350 g/mol. The molecule has 0 radical (unpaired) electrons. The Balaban J connectivity index is 2.19. The van der Waals surface area contributed by atoms with Crippen molar-refractivity contribution < 1.29 is 8.42 Å². The van der Waals surface area contributed by atoms with E-state index >= 15 is 0 Å². The molecule has 1 aromatic heterocycles. The van der Waals surface area contributed by atoms with Gasteiger partial charge in [-0.25, -0.2) is 8.42 Å². The number of aromatic nitrogens is 1. The minimum Gasteiger partial charge on any atom is -0.358 e. The molecular weight excluding hydrogens is 332 g/mol. The first-order chi connectivity index (χ1) is 11.8. The second-order valence-corrected chi connectivity index (χ2v) is 8.11. The molecule has 0 unspecified atom stereocenters. The summed E-state index contributed by atoms with van der Waals surface area (Å²) in [7, 11) is -3.53. The summed E-state index contributed by atoms with van der Waals surface area (Å²) >= 11 is 0. The van der Waals surface area contributed by atoms with E-state index in [9.17, 15) is 8.42 Å². The lowest BCUT2D eigenvalue weighted by molar-refractivity contribution is 0.609. The molecule has 25 heavy (non-hydrogen) atoms. The zero-order valence-electron chi connectivity index (χ0n) is 14.3. The van der Waals surface area contributed by atoms with Crippen LogP contribution in [0.25, 0.3) is 28.1 Å². The third kappa shape index (κ3) is 3.21. The van der Waals surface area contributed by atoms with Crippen molar-refractivity contribution in [2.24, 2.45) is 0 Å². The van der Waals surface area contributed by atoms with Crippen LogP contribution < -0.4 is 0 Å². The van der Waals surface area contributed by atoms with E-state index < -0.39 is 9.84 Å². The van der Waals surface area contributed by atoms with Crippen molar-refractivity contribution in [1.29, 1.82) is 5.26 Å². The number of nitrogens with zero attached hydrogens (tertiary/aromatic N) is 1. The van der Waals surface area contributed by atoms with Crippen molar-refractivity contribution in [3.05, 3.63) is 64.2 Å². The third-order valence-corrected chi connectivity index (χ3v) is 5.34. The van der Waals surface area contributed by atoms with Crippen LogP contribution in [0.1, 0.15) is 16.8 Å². The molecule has 0 atom stereocenters. The summed E-state index contributed by atoms with van der Waals surface area (Å²) in [4.78, 5) is 3.14. The highest BCUT2D eigenvalue weighted by molar-refractivity contribution is 7.95. The summed E-state index contributed by atoms with van der Waals surface area (Å²) < 4.78 is 23.3. The van der Waals surface area contributed by atoms with Crippen molar-refractivity contribution in [3.63, 3.8) is 0 Å². The number of rotatable bonds is 3. The number of fused-ring (bicyclic) bond motifs is 1. The molecule has 0 bridgehead atoms. The maximum atomic E-state index is 11.6. The molecule has 0 saturated carbocycles. The molecule has 0 saturated heterocycles. The zero-order valence-corrected chi connectivity index (χ0v) is 15.1. The molecule has 5 heteroatoms. The molecule has 4 nitrogen and oxygen atoms in total. The Hall–Kier alpha value is -2.84. The first-order valence-corrected chi connectivity index (χ1v) is 9.70. The Morgan fingerprint density at radius 3 is 2.56 bits per heavy atom. The molecule has 3 rings (SSSR count). The summed E-state index contributed by atoms with van der Waals surface area (Å²) in [5, 5.41) is 10.2. The standard InChI is InChI=1S/C20H18N2O2S/c1-13-14(2)22-19-9-5-8-18(20(13)19)16-7-4-6-15(10-16)11-17(12-21)25(3,23)24/h4-11,22H,1-3H3. The van der Waals surface area contributed by atoms with E-state index in [1.165, 1.54) is 11.6 Å². The Morgan fingerprint density at radius 1 is 1.16 bits per heavy atom. The van der Waals surface area contributed by atoms with E-state index in [-0.39, 0.29) is 4.91 Å². The van der Waals surface area contributed by atoms with Gasteiger partial charge in [0.2, 0.25) is 0 Å². The van der Waals surface area contributed by atoms with Crippen LogP contribution in [-0.2, 0) is 9.84 Å². The van der Waals surface area contributed by atoms with Crippen LogP contribution in [0.3, 0.4) is 0 Å². The minimum absolute atomic E-state index is 0.239. The molecule has 3 aromatic rings. The summed E-state index contributed by atoms with van der Waals surface area (Å²) in [5.41, 5.74) is 6.13. The fourth-order valence-corrected chi connectivity index (χ4v) is 3.47.